The average Bonchev–Trinajstić information content (AvgIpc) is 2.87. The number of hydrogen-bond donors (Lipinski definition) is 1. The number of nitrogens with two attached hydrogens (primary N) is 1. The van der Waals surface area contributed by atoms with Crippen LogP contribution >= 0.6 is 12.4 Å². The molecule has 0 bridgehead atoms. The number of hydrogen-bond acceptors (Lipinski definition) is 5. The van der Waals surface area contributed by atoms with Crippen LogP contribution in [0, 0.1) is 5.92 Å². The molecule has 1 aromatic heterocycles. The van der Waals surface area contributed by atoms with E-state index in [4.69, 9.17) is 10.3 Å². The summed E-state index contributed by atoms with van der Waals surface area (Å²) in [6.07, 6.45) is 2.55. The summed E-state index contributed by atoms with van der Waals surface area (Å²) in [5.74, 6) is 2.12. The number of nitrogens with zero attached hydrogens (tertiary/aromatic N) is 3. The van der Waals surface area contributed by atoms with Gasteiger partial charge in [0.05, 0.1) is 13.1 Å². The first kappa shape index (κ1) is 13.4. The third-order valence-corrected chi connectivity index (χ3v) is 3.00. The van der Waals surface area contributed by atoms with Gasteiger partial charge in [-0.3, -0.25) is 4.90 Å². The summed E-state index contributed by atoms with van der Waals surface area (Å²) < 4.78 is 4.96. The Labute approximate surface area is 102 Å². The molecule has 0 aliphatic carbocycles. The second kappa shape index (κ2) is 6.18. The summed E-state index contributed by atoms with van der Waals surface area (Å²) in [4.78, 5) is 6.57. The van der Waals surface area contributed by atoms with Crippen LogP contribution in [0.2, 0.25) is 0 Å². The van der Waals surface area contributed by atoms with Gasteiger partial charge in [0.2, 0.25) is 5.89 Å². The number of aromatic nitrogens is 2. The van der Waals surface area contributed by atoms with Crippen LogP contribution in [0.25, 0.3) is 0 Å². The van der Waals surface area contributed by atoms with Gasteiger partial charge >= 0.3 is 0 Å². The lowest BCUT2D eigenvalue weighted by atomic mass is 10.1. The summed E-state index contributed by atoms with van der Waals surface area (Å²) in [5, 5.41) is 3.89. The Kier molecular flexibility index (Phi) is 5.18. The molecule has 0 spiro atoms. The predicted octanol–water partition coefficient (Wildman–Crippen LogP) is 1.18. The maximum Gasteiger partial charge on any atom is 0.240 e. The highest BCUT2D eigenvalue weighted by Gasteiger charge is 2.22. The van der Waals surface area contributed by atoms with E-state index in [1.807, 2.05) is 0 Å². The number of likely N-dealkylation sites (tertiary alicyclic amines) is 1. The van der Waals surface area contributed by atoms with Crippen LogP contribution in [0.3, 0.4) is 0 Å². The van der Waals surface area contributed by atoms with E-state index in [1.165, 1.54) is 12.8 Å². The second-order valence-corrected chi connectivity index (χ2v) is 4.11. The van der Waals surface area contributed by atoms with Gasteiger partial charge in [-0.05, 0) is 18.9 Å². The molecule has 1 aliphatic rings. The zero-order chi connectivity index (χ0) is 10.7. The number of halogens is 1. The maximum absolute atomic E-state index is 5.41. The van der Waals surface area contributed by atoms with Crippen LogP contribution in [0.5, 0.6) is 0 Å². The first-order valence-electron chi connectivity index (χ1n) is 5.55. The molecule has 6 heteroatoms. The van der Waals surface area contributed by atoms with E-state index >= 15 is 0 Å². The first-order chi connectivity index (χ1) is 7.31. The third-order valence-electron chi connectivity index (χ3n) is 3.00. The lowest BCUT2D eigenvalue weighted by molar-refractivity contribution is 0.297. The zero-order valence-electron chi connectivity index (χ0n) is 9.56. The summed E-state index contributed by atoms with van der Waals surface area (Å²) in [6, 6.07) is 0. The molecule has 2 heterocycles. The van der Waals surface area contributed by atoms with Crippen molar-refractivity contribution < 1.29 is 4.52 Å². The van der Waals surface area contributed by atoms with Crippen molar-refractivity contribution in [2.45, 2.75) is 32.9 Å². The first-order valence-corrected chi connectivity index (χ1v) is 5.55. The van der Waals surface area contributed by atoms with Gasteiger partial charge in [0.15, 0.2) is 5.82 Å². The molecule has 2 N–H and O–H groups in total. The van der Waals surface area contributed by atoms with Crippen molar-refractivity contribution in [1.82, 2.24) is 15.0 Å². The van der Waals surface area contributed by atoms with Gasteiger partial charge in [0.25, 0.3) is 0 Å². The van der Waals surface area contributed by atoms with Gasteiger partial charge in [0, 0.05) is 6.54 Å². The minimum atomic E-state index is 0. The lowest BCUT2D eigenvalue weighted by Crippen LogP contribution is -2.20. The Morgan fingerprint density at radius 3 is 2.94 bits per heavy atom. The normalized spacial score (nSPS) is 21.0. The monoisotopic (exact) mass is 246 g/mol. The molecule has 0 amide bonds. The summed E-state index contributed by atoms with van der Waals surface area (Å²) >= 11 is 0. The summed E-state index contributed by atoms with van der Waals surface area (Å²) in [6.45, 7) is 5.66. The smallest absolute Gasteiger partial charge is 0.240 e. The fourth-order valence-corrected chi connectivity index (χ4v) is 2.03. The SMILES string of the molecule is CCC1CCN(Cc2noc(CN)n2)C1.Cl. The van der Waals surface area contributed by atoms with Crippen molar-refractivity contribution in [2.24, 2.45) is 11.7 Å². The van der Waals surface area contributed by atoms with Gasteiger partial charge in [0.1, 0.15) is 0 Å². The van der Waals surface area contributed by atoms with Gasteiger partial charge in [-0.2, -0.15) is 4.98 Å². The van der Waals surface area contributed by atoms with Crippen molar-refractivity contribution in [1.29, 1.82) is 0 Å². The molecular formula is C10H19ClN4O. The topological polar surface area (TPSA) is 68.2 Å². The van der Waals surface area contributed by atoms with Gasteiger partial charge in [-0.1, -0.05) is 18.5 Å². The number of rotatable bonds is 4. The van der Waals surface area contributed by atoms with Crippen molar-refractivity contribution in [3.63, 3.8) is 0 Å². The van der Waals surface area contributed by atoms with Crippen LogP contribution in [0.4, 0.5) is 0 Å². The van der Waals surface area contributed by atoms with Gasteiger partial charge in [-0.15, -0.1) is 12.4 Å². The maximum atomic E-state index is 5.41. The fraction of sp³-hybridized carbons (Fsp3) is 0.800. The van der Waals surface area contributed by atoms with E-state index in [0.29, 0.717) is 12.4 Å². The highest BCUT2D eigenvalue weighted by molar-refractivity contribution is 5.85. The van der Waals surface area contributed by atoms with Crippen LogP contribution in [0.15, 0.2) is 4.52 Å². The van der Waals surface area contributed by atoms with E-state index in [9.17, 15) is 0 Å². The molecular weight excluding hydrogens is 228 g/mol. The standard InChI is InChI=1S/C10H18N4O.ClH/c1-2-8-3-4-14(6-8)7-9-12-10(5-11)15-13-9;/h8H,2-7,11H2,1H3;1H. The van der Waals surface area contributed by atoms with E-state index in [-0.39, 0.29) is 12.4 Å². The second-order valence-electron chi connectivity index (χ2n) is 4.11. The van der Waals surface area contributed by atoms with Crippen molar-refractivity contribution in [2.75, 3.05) is 13.1 Å². The van der Waals surface area contributed by atoms with E-state index < -0.39 is 0 Å². The summed E-state index contributed by atoms with van der Waals surface area (Å²) in [7, 11) is 0. The van der Waals surface area contributed by atoms with Crippen LogP contribution in [-0.4, -0.2) is 28.1 Å². The lowest BCUT2D eigenvalue weighted by Gasteiger charge is -2.12. The van der Waals surface area contributed by atoms with E-state index in [0.717, 1.165) is 31.4 Å². The highest BCUT2D eigenvalue weighted by atomic mass is 35.5. The van der Waals surface area contributed by atoms with Crippen LogP contribution in [-0.2, 0) is 13.1 Å². The predicted molar refractivity (Wildman–Crippen MR) is 63.1 cm³/mol. The molecule has 1 unspecified atom stereocenters. The molecule has 1 aromatic rings. The summed E-state index contributed by atoms with van der Waals surface area (Å²) in [5.41, 5.74) is 5.41. The molecule has 0 radical (unpaired) electrons. The van der Waals surface area contributed by atoms with E-state index in [1.54, 1.807) is 0 Å². The van der Waals surface area contributed by atoms with Crippen molar-refractivity contribution in [3.05, 3.63) is 11.7 Å². The Balaban J connectivity index is 0.00000128. The molecule has 1 fully saturated rings. The molecule has 2 rings (SSSR count). The molecule has 1 saturated heterocycles. The van der Waals surface area contributed by atoms with Crippen LogP contribution < -0.4 is 5.73 Å². The molecule has 0 saturated carbocycles. The molecule has 1 atom stereocenters. The van der Waals surface area contributed by atoms with Gasteiger partial charge < -0.3 is 10.3 Å². The Bertz CT molecular complexity index is 318. The fourth-order valence-electron chi connectivity index (χ4n) is 2.03. The quantitative estimate of drug-likeness (QED) is 0.864. The molecule has 5 nitrogen and oxygen atoms in total. The minimum Gasteiger partial charge on any atom is -0.338 e. The molecule has 92 valence electrons. The molecule has 1 aliphatic heterocycles. The Morgan fingerprint density at radius 2 is 2.38 bits per heavy atom. The van der Waals surface area contributed by atoms with Crippen molar-refractivity contribution in [3.8, 4) is 0 Å². The van der Waals surface area contributed by atoms with E-state index in [2.05, 4.69) is 22.0 Å². The molecule has 0 aromatic carbocycles. The zero-order valence-corrected chi connectivity index (χ0v) is 10.4. The third kappa shape index (κ3) is 3.17. The van der Waals surface area contributed by atoms with Crippen molar-refractivity contribution >= 4 is 12.4 Å². The average molecular weight is 247 g/mol. The van der Waals surface area contributed by atoms with Gasteiger partial charge in [-0.25, -0.2) is 0 Å². The molecule has 16 heavy (non-hydrogen) atoms. The Hall–Kier alpha value is -0.650. The largest absolute Gasteiger partial charge is 0.338 e. The highest BCUT2D eigenvalue weighted by Crippen LogP contribution is 2.20. The Morgan fingerprint density at radius 1 is 1.56 bits per heavy atom. The van der Waals surface area contributed by atoms with Crippen LogP contribution in [0.1, 0.15) is 31.5 Å². The minimum absolute atomic E-state index is 0.